The maximum atomic E-state index is 4.36. The predicted octanol–water partition coefficient (Wildman–Crippen LogP) is 2.87. The van der Waals surface area contributed by atoms with Crippen LogP contribution in [0.1, 0.15) is 13.8 Å². The SMILES string of the molecule is C=C(C)C.C=COC=C. The molecule has 0 bridgehead atoms. The summed E-state index contributed by atoms with van der Waals surface area (Å²) >= 11 is 0. The van der Waals surface area contributed by atoms with Crippen LogP contribution >= 0.6 is 0 Å². The van der Waals surface area contributed by atoms with Gasteiger partial charge in [0.15, 0.2) is 0 Å². The van der Waals surface area contributed by atoms with E-state index in [-0.39, 0.29) is 0 Å². The van der Waals surface area contributed by atoms with Gasteiger partial charge in [0.05, 0.1) is 12.5 Å². The van der Waals surface area contributed by atoms with Crippen LogP contribution in [0.5, 0.6) is 0 Å². The van der Waals surface area contributed by atoms with E-state index in [2.05, 4.69) is 24.5 Å². The zero-order chi connectivity index (χ0) is 7.70. The summed E-state index contributed by atoms with van der Waals surface area (Å²) in [5.41, 5.74) is 1.17. The molecule has 0 aliphatic carbocycles. The van der Waals surface area contributed by atoms with Crippen molar-refractivity contribution in [3.63, 3.8) is 0 Å². The van der Waals surface area contributed by atoms with Crippen molar-refractivity contribution >= 4 is 0 Å². The second-order valence-electron chi connectivity index (χ2n) is 1.68. The summed E-state index contributed by atoms with van der Waals surface area (Å²) in [6.45, 7) is 14.0. The van der Waals surface area contributed by atoms with Gasteiger partial charge in [0.25, 0.3) is 0 Å². The minimum absolute atomic E-state index is 1.17. The molecular formula is C8H14O. The van der Waals surface area contributed by atoms with Crippen molar-refractivity contribution in [3.05, 3.63) is 37.8 Å². The van der Waals surface area contributed by atoms with E-state index in [0.717, 1.165) is 0 Å². The maximum Gasteiger partial charge on any atom is 0.0829 e. The number of ether oxygens (including phenoxy) is 1. The van der Waals surface area contributed by atoms with Gasteiger partial charge in [-0.1, -0.05) is 18.7 Å². The van der Waals surface area contributed by atoms with Crippen molar-refractivity contribution in [2.75, 3.05) is 0 Å². The smallest absolute Gasteiger partial charge is 0.0829 e. The molecule has 0 saturated carbocycles. The van der Waals surface area contributed by atoms with Crippen molar-refractivity contribution in [2.45, 2.75) is 13.8 Å². The Kier molecular flexibility index (Phi) is 12.2. The van der Waals surface area contributed by atoms with Gasteiger partial charge in [-0.3, -0.25) is 0 Å². The predicted molar refractivity (Wildman–Crippen MR) is 42.0 cm³/mol. The molecular weight excluding hydrogens is 112 g/mol. The van der Waals surface area contributed by atoms with Crippen LogP contribution in [0.2, 0.25) is 0 Å². The first kappa shape index (κ1) is 10.9. The molecule has 0 aromatic heterocycles. The number of hydrogen-bond donors (Lipinski definition) is 0. The Bertz CT molecular complexity index is 82.7. The van der Waals surface area contributed by atoms with Gasteiger partial charge in [0.2, 0.25) is 0 Å². The van der Waals surface area contributed by atoms with Crippen LogP contribution in [-0.4, -0.2) is 0 Å². The molecule has 0 N–H and O–H groups in total. The fourth-order valence-corrected chi connectivity index (χ4v) is 0.0680. The Morgan fingerprint density at radius 3 is 1.44 bits per heavy atom. The second kappa shape index (κ2) is 10.1. The van der Waals surface area contributed by atoms with E-state index >= 15 is 0 Å². The Morgan fingerprint density at radius 1 is 1.22 bits per heavy atom. The summed E-state index contributed by atoms with van der Waals surface area (Å²) in [5.74, 6) is 0. The van der Waals surface area contributed by atoms with Crippen molar-refractivity contribution in [2.24, 2.45) is 0 Å². The maximum absolute atomic E-state index is 4.36. The highest BCUT2D eigenvalue weighted by molar-refractivity contribution is 4.78. The molecule has 0 aromatic carbocycles. The molecule has 1 heteroatoms. The summed E-state index contributed by atoms with van der Waals surface area (Å²) < 4.78 is 4.36. The molecule has 0 saturated heterocycles. The van der Waals surface area contributed by atoms with Gasteiger partial charge in [-0.25, -0.2) is 0 Å². The minimum atomic E-state index is 1.17. The molecule has 0 amide bonds. The molecule has 0 aliphatic rings. The third-order valence-electron chi connectivity index (χ3n) is 0.192. The fraction of sp³-hybridized carbons (Fsp3) is 0.250. The van der Waals surface area contributed by atoms with Crippen LogP contribution in [-0.2, 0) is 4.74 Å². The quantitative estimate of drug-likeness (QED) is 0.408. The van der Waals surface area contributed by atoms with E-state index in [1.807, 2.05) is 13.8 Å². The Morgan fingerprint density at radius 2 is 1.44 bits per heavy atom. The molecule has 0 fully saturated rings. The monoisotopic (exact) mass is 126 g/mol. The first-order valence-electron chi connectivity index (χ1n) is 2.64. The van der Waals surface area contributed by atoms with E-state index in [0.29, 0.717) is 0 Å². The molecule has 0 aliphatic heterocycles. The zero-order valence-electron chi connectivity index (χ0n) is 6.18. The van der Waals surface area contributed by atoms with Crippen LogP contribution < -0.4 is 0 Å². The Balaban J connectivity index is 0. The molecule has 0 spiro atoms. The molecule has 9 heavy (non-hydrogen) atoms. The van der Waals surface area contributed by atoms with E-state index in [1.54, 1.807) is 0 Å². The van der Waals surface area contributed by atoms with Gasteiger partial charge in [-0.05, 0) is 13.8 Å². The van der Waals surface area contributed by atoms with Gasteiger partial charge in [-0.2, -0.15) is 0 Å². The molecule has 0 unspecified atom stereocenters. The van der Waals surface area contributed by atoms with Gasteiger partial charge in [-0.15, -0.1) is 6.58 Å². The second-order valence-corrected chi connectivity index (χ2v) is 1.68. The number of rotatable bonds is 2. The van der Waals surface area contributed by atoms with Crippen LogP contribution in [0.4, 0.5) is 0 Å². The Hall–Kier alpha value is -0.980. The van der Waals surface area contributed by atoms with E-state index in [4.69, 9.17) is 0 Å². The lowest BCUT2D eigenvalue weighted by atomic mass is 10.4. The third kappa shape index (κ3) is 170. The van der Waals surface area contributed by atoms with Crippen LogP contribution in [0.15, 0.2) is 37.8 Å². The first-order chi connectivity index (χ1) is 4.15. The largest absolute Gasteiger partial charge is 0.474 e. The van der Waals surface area contributed by atoms with Gasteiger partial charge < -0.3 is 4.74 Å². The van der Waals surface area contributed by atoms with Gasteiger partial charge >= 0.3 is 0 Å². The Labute approximate surface area is 57.3 Å². The van der Waals surface area contributed by atoms with Crippen molar-refractivity contribution in [1.29, 1.82) is 0 Å². The third-order valence-corrected chi connectivity index (χ3v) is 0.192. The van der Waals surface area contributed by atoms with Crippen molar-refractivity contribution < 1.29 is 4.74 Å². The topological polar surface area (TPSA) is 9.23 Å². The lowest BCUT2D eigenvalue weighted by Crippen LogP contribution is -1.52. The summed E-state index contributed by atoms with van der Waals surface area (Å²) in [6.07, 6.45) is 2.62. The summed E-state index contributed by atoms with van der Waals surface area (Å²) in [5, 5.41) is 0. The highest BCUT2D eigenvalue weighted by atomic mass is 16.5. The molecule has 0 heterocycles. The van der Waals surface area contributed by atoms with Crippen molar-refractivity contribution in [3.8, 4) is 0 Å². The van der Waals surface area contributed by atoms with E-state index in [9.17, 15) is 0 Å². The summed E-state index contributed by atoms with van der Waals surface area (Å²) in [7, 11) is 0. The molecule has 0 aromatic rings. The number of hydrogen-bond acceptors (Lipinski definition) is 1. The van der Waals surface area contributed by atoms with Gasteiger partial charge in [0.1, 0.15) is 0 Å². The van der Waals surface area contributed by atoms with Gasteiger partial charge in [0, 0.05) is 0 Å². The minimum Gasteiger partial charge on any atom is -0.474 e. The van der Waals surface area contributed by atoms with Crippen LogP contribution in [0, 0.1) is 0 Å². The highest BCUT2D eigenvalue weighted by Gasteiger charge is 1.51. The standard InChI is InChI=1S/C4H6O.C4H8/c1-3-5-4-2;1-4(2)3/h3-4H,1-2H2;1H2,2-3H3. The zero-order valence-corrected chi connectivity index (χ0v) is 6.18. The normalized spacial score (nSPS) is 6.00. The molecule has 0 rings (SSSR count). The summed E-state index contributed by atoms with van der Waals surface area (Å²) in [6, 6.07) is 0. The molecule has 1 nitrogen and oxygen atoms in total. The lowest BCUT2D eigenvalue weighted by Gasteiger charge is -1.76. The summed E-state index contributed by atoms with van der Waals surface area (Å²) in [4.78, 5) is 0. The fourth-order valence-electron chi connectivity index (χ4n) is 0.0680. The van der Waals surface area contributed by atoms with E-state index in [1.165, 1.54) is 18.1 Å². The van der Waals surface area contributed by atoms with E-state index < -0.39 is 0 Å². The van der Waals surface area contributed by atoms with Crippen molar-refractivity contribution in [1.82, 2.24) is 0 Å². The van der Waals surface area contributed by atoms with Crippen LogP contribution in [0.25, 0.3) is 0 Å². The highest BCUT2D eigenvalue weighted by Crippen LogP contribution is 1.73. The molecule has 0 radical (unpaired) electrons. The molecule has 0 atom stereocenters. The average Bonchev–Trinajstić information content (AvgIpc) is 1.66. The van der Waals surface area contributed by atoms with Crippen LogP contribution in [0.3, 0.4) is 0 Å². The molecule has 52 valence electrons. The average molecular weight is 126 g/mol. The first-order valence-corrected chi connectivity index (χ1v) is 2.64. The number of allylic oxidation sites excluding steroid dienone is 1. The lowest BCUT2D eigenvalue weighted by molar-refractivity contribution is 0.406.